The molecule has 0 aliphatic carbocycles. The fourth-order valence-corrected chi connectivity index (χ4v) is 4.04. The Labute approximate surface area is 183 Å². The Bertz CT molecular complexity index is 1380. The van der Waals surface area contributed by atoms with Crippen LogP contribution in [0.1, 0.15) is 44.2 Å². The van der Waals surface area contributed by atoms with E-state index in [1.165, 1.54) is 4.68 Å². The Morgan fingerprint density at radius 1 is 1.12 bits per heavy atom. The number of furan rings is 1. The van der Waals surface area contributed by atoms with Gasteiger partial charge in [0.25, 0.3) is 5.56 Å². The number of benzene rings is 1. The zero-order valence-corrected chi connectivity index (χ0v) is 18.1. The molecule has 0 unspecified atom stereocenters. The molecule has 1 aromatic carbocycles. The quantitative estimate of drug-likeness (QED) is 0.516. The van der Waals surface area contributed by atoms with Crippen molar-refractivity contribution in [2.45, 2.75) is 39.3 Å². The van der Waals surface area contributed by atoms with Gasteiger partial charge >= 0.3 is 0 Å². The average molecular weight is 436 g/mol. The minimum absolute atomic E-state index is 0.290. The van der Waals surface area contributed by atoms with Gasteiger partial charge in [-0.3, -0.25) is 14.0 Å². The van der Waals surface area contributed by atoms with Crippen LogP contribution < -0.4 is 20.3 Å². The monoisotopic (exact) mass is 436 g/mol. The zero-order chi connectivity index (χ0) is 22.4. The molecular formula is C23H24N4O5. The van der Waals surface area contributed by atoms with Crippen LogP contribution in [0.2, 0.25) is 0 Å². The maximum Gasteiger partial charge on any atom is 0.291 e. The predicted molar refractivity (Wildman–Crippen MR) is 117 cm³/mol. The van der Waals surface area contributed by atoms with Crippen LogP contribution >= 0.6 is 0 Å². The molecule has 3 aromatic heterocycles. The highest BCUT2D eigenvalue weighted by Crippen LogP contribution is 2.32. The van der Waals surface area contributed by atoms with Crippen molar-refractivity contribution in [2.75, 3.05) is 13.2 Å². The van der Waals surface area contributed by atoms with E-state index in [0.29, 0.717) is 48.1 Å². The Hall–Kier alpha value is -3.75. The summed E-state index contributed by atoms with van der Waals surface area (Å²) in [5.41, 5.74) is 2.37. The number of aromatic nitrogens is 3. The van der Waals surface area contributed by atoms with Crippen LogP contribution in [0.4, 0.5) is 0 Å². The third-order valence-corrected chi connectivity index (χ3v) is 5.82. The van der Waals surface area contributed by atoms with Crippen molar-refractivity contribution in [3.8, 4) is 11.5 Å². The summed E-state index contributed by atoms with van der Waals surface area (Å²) in [5, 5.41) is 7.48. The first-order valence-corrected chi connectivity index (χ1v) is 10.7. The van der Waals surface area contributed by atoms with Crippen molar-refractivity contribution in [2.24, 2.45) is 0 Å². The summed E-state index contributed by atoms with van der Waals surface area (Å²) in [6, 6.07) is 8.01. The van der Waals surface area contributed by atoms with E-state index in [-0.39, 0.29) is 17.5 Å². The molecule has 0 saturated heterocycles. The van der Waals surface area contributed by atoms with Gasteiger partial charge in [-0.25, -0.2) is 4.68 Å². The van der Waals surface area contributed by atoms with Gasteiger partial charge in [0, 0.05) is 18.6 Å². The number of amides is 1. The molecule has 166 valence electrons. The molecule has 1 N–H and O–H groups in total. The lowest BCUT2D eigenvalue weighted by Gasteiger charge is -2.22. The number of carbonyl (C=O) groups is 1. The van der Waals surface area contributed by atoms with E-state index in [1.807, 2.05) is 32.0 Å². The summed E-state index contributed by atoms with van der Waals surface area (Å²) in [6.07, 6.45) is 2.17. The SMILES string of the molecule is CCc1nn([C@@H](C)C(=O)N[C@H](C)c2ccc3c(c2)OCCO3)c(=O)c2cc3occc3n12. The number of nitrogens with zero attached hydrogens (tertiary/aromatic N) is 3. The molecule has 32 heavy (non-hydrogen) atoms. The summed E-state index contributed by atoms with van der Waals surface area (Å²) >= 11 is 0. The second kappa shape index (κ2) is 7.74. The zero-order valence-electron chi connectivity index (χ0n) is 18.1. The molecule has 0 bridgehead atoms. The topological polar surface area (TPSA) is 100 Å². The van der Waals surface area contributed by atoms with Crippen LogP contribution in [0.25, 0.3) is 16.6 Å². The Balaban J connectivity index is 1.43. The number of aryl methyl sites for hydroxylation is 1. The molecular weight excluding hydrogens is 412 g/mol. The van der Waals surface area contributed by atoms with Gasteiger partial charge in [0.1, 0.15) is 30.6 Å². The first-order chi connectivity index (χ1) is 15.5. The van der Waals surface area contributed by atoms with Crippen LogP contribution in [0.5, 0.6) is 11.5 Å². The third kappa shape index (κ3) is 3.21. The van der Waals surface area contributed by atoms with Crippen LogP contribution in [-0.4, -0.2) is 33.3 Å². The Morgan fingerprint density at radius 3 is 2.69 bits per heavy atom. The lowest BCUT2D eigenvalue weighted by molar-refractivity contribution is -0.124. The second-order valence-electron chi connectivity index (χ2n) is 7.86. The van der Waals surface area contributed by atoms with E-state index in [1.54, 1.807) is 29.7 Å². The number of rotatable bonds is 5. The van der Waals surface area contributed by atoms with Crippen molar-refractivity contribution in [3.05, 3.63) is 58.3 Å². The van der Waals surface area contributed by atoms with Crippen molar-refractivity contribution in [3.63, 3.8) is 0 Å². The number of fused-ring (bicyclic) bond motifs is 4. The number of hydrogen-bond donors (Lipinski definition) is 1. The van der Waals surface area contributed by atoms with Crippen molar-refractivity contribution in [1.29, 1.82) is 0 Å². The molecule has 9 heteroatoms. The molecule has 0 radical (unpaired) electrons. The molecule has 5 rings (SSSR count). The molecule has 0 spiro atoms. The van der Waals surface area contributed by atoms with Gasteiger partial charge in [0.2, 0.25) is 5.91 Å². The van der Waals surface area contributed by atoms with E-state index in [0.717, 1.165) is 11.1 Å². The number of carbonyl (C=O) groups excluding carboxylic acids is 1. The fourth-order valence-electron chi connectivity index (χ4n) is 4.04. The lowest BCUT2D eigenvalue weighted by Crippen LogP contribution is -2.39. The summed E-state index contributed by atoms with van der Waals surface area (Å²) in [4.78, 5) is 26.2. The largest absolute Gasteiger partial charge is 0.486 e. The maximum atomic E-state index is 13.2. The maximum absolute atomic E-state index is 13.2. The van der Waals surface area contributed by atoms with Gasteiger partial charge in [-0.2, -0.15) is 5.10 Å². The minimum atomic E-state index is -0.793. The highest BCUT2D eigenvalue weighted by Gasteiger charge is 2.24. The van der Waals surface area contributed by atoms with Crippen molar-refractivity contribution >= 4 is 22.5 Å². The van der Waals surface area contributed by atoms with E-state index in [4.69, 9.17) is 13.9 Å². The van der Waals surface area contributed by atoms with E-state index >= 15 is 0 Å². The third-order valence-electron chi connectivity index (χ3n) is 5.82. The van der Waals surface area contributed by atoms with Crippen LogP contribution in [0.3, 0.4) is 0 Å². The minimum Gasteiger partial charge on any atom is -0.486 e. The Kier molecular flexibility index (Phi) is 4.88. The van der Waals surface area contributed by atoms with Crippen LogP contribution in [0, 0.1) is 0 Å². The number of hydrogen-bond acceptors (Lipinski definition) is 6. The summed E-state index contributed by atoms with van der Waals surface area (Å²) in [7, 11) is 0. The van der Waals surface area contributed by atoms with Gasteiger partial charge in [0.15, 0.2) is 17.1 Å². The molecule has 0 fully saturated rings. The second-order valence-corrected chi connectivity index (χ2v) is 7.86. The van der Waals surface area contributed by atoms with E-state index in [2.05, 4.69) is 10.4 Å². The van der Waals surface area contributed by atoms with E-state index < -0.39 is 6.04 Å². The molecule has 4 aromatic rings. The molecule has 4 heterocycles. The average Bonchev–Trinajstić information content (AvgIpc) is 3.41. The number of ether oxygens (including phenoxy) is 2. The lowest BCUT2D eigenvalue weighted by atomic mass is 10.1. The molecule has 1 amide bonds. The van der Waals surface area contributed by atoms with Crippen LogP contribution in [-0.2, 0) is 11.2 Å². The molecule has 9 nitrogen and oxygen atoms in total. The van der Waals surface area contributed by atoms with Gasteiger partial charge < -0.3 is 19.2 Å². The Morgan fingerprint density at radius 2 is 1.91 bits per heavy atom. The van der Waals surface area contributed by atoms with E-state index in [9.17, 15) is 9.59 Å². The normalized spacial score (nSPS) is 15.1. The fraction of sp³-hybridized carbons (Fsp3) is 0.348. The summed E-state index contributed by atoms with van der Waals surface area (Å²) in [6.45, 7) is 6.53. The molecule has 1 aliphatic heterocycles. The number of nitrogens with one attached hydrogen (secondary N) is 1. The molecule has 0 saturated carbocycles. The van der Waals surface area contributed by atoms with Gasteiger partial charge in [-0.05, 0) is 31.5 Å². The summed E-state index contributed by atoms with van der Waals surface area (Å²) < 4.78 is 19.7. The van der Waals surface area contributed by atoms with Crippen molar-refractivity contribution in [1.82, 2.24) is 19.5 Å². The first-order valence-electron chi connectivity index (χ1n) is 10.7. The highest BCUT2D eigenvalue weighted by molar-refractivity contribution is 5.83. The first kappa shape index (κ1) is 20.2. The van der Waals surface area contributed by atoms with Gasteiger partial charge in [-0.1, -0.05) is 13.0 Å². The molecule has 1 aliphatic rings. The highest BCUT2D eigenvalue weighted by atomic mass is 16.6. The van der Waals surface area contributed by atoms with Crippen molar-refractivity contribution < 1.29 is 18.7 Å². The van der Waals surface area contributed by atoms with Gasteiger partial charge in [0.05, 0.1) is 17.8 Å². The smallest absolute Gasteiger partial charge is 0.291 e. The predicted octanol–water partition coefficient (Wildman–Crippen LogP) is 3.01. The standard InChI is InChI=1S/C23H24N4O5/c1-4-21-25-27(23(29)17-12-19-16(26(17)21)7-8-30-19)14(3)22(28)24-13(2)15-5-6-18-20(11-15)32-10-9-31-18/h5-8,11-14H,4,9-10H2,1-3H3,(H,24,28)/t13-,14+/m1/s1. The van der Waals surface area contributed by atoms with Crippen LogP contribution in [0.15, 0.2) is 45.8 Å². The van der Waals surface area contributed by atoms with Gasteiger partial charge in [-0.15, -0.1) is 0 Å². The summed E-state index contributed by atoms with van der Waals surface area (Å²) in [5.74, 6) is 1.73. The molecule has 2 atom stereocenters.